The minimum Gasteiger partial charge on any atom is -0.480 e. The molecule has 2 fully saturated rings. The Morgan fingerprint density at radius 2 is 2.00 bits per heavy atom. The van der Waals surface area contributed by atoms with E-state index in [1.165, 1.54) is 4.90 Å². The SMILES string of the molecule is CCOC(=O)[C@H](CCc1ccccc1)N[C@@H](C)C(=O)N1C(C(=O)O)C[C@@]2(N)CCCC[C@H]12. The number of carbonyl (C=O) groups is 3. The van der Waals surface area contributed by atoms with Gasteiger partial charge in [0.2, 0.25) is 5.91 Å². The van der Waals surface area contributed by atoms with Crippen LogP contribution in [0, 0.1) is 0 Å². The molecule has 8 heteroatoms. The topological polar surface area (TPSA) is 122 Å². The quantitative estimate of drug-likeness (QED) is 0.496. The summed E-state index contributed by atoms with van der Waals surface area (Å²) in [6, 6.07) is 7.15. The van der Waals surface area contributed by atoms with Crippen molar-refractivity contribution in [1.82, 2.24) is 10.2 Å². The van der Waals surface area contributed by atoms with E-state index < -0.39 is 35.6 Å². The number of carboxylic acids is 1. The molecule has 5 atom stereocenters. The second-order valence-corrected chi connectivity index (χ2v) is 9.02. The zero-order chi connectivity index (χ0) is 23.3. The number of likely N-dealkylation sites (tertiary alicyclic amines) is 1. The maximum atomic E-state index is 13.4. The van der Waals surface area contributed by atoms with Gasteiger partial charge in [-0.3, -0.25) is 14.9 Å². The van der Waals surface area contributed by atoms with E-state index in [4.69, 9.17) is 10.5 Å². The largest absolute Gasteiger partial charge is 0.480 e. The summed E-state index contributed by atoms with van der Waals surface area (Å²) in [6.07, 6.45) is 4.66. The third-order valence-electron chi connectivity index (χ3n) is 6.78. The predicted octanol–water partition coefficient (Wildman–Crippen LogP) is 1.85. The summed E-state index contributed by atoms with van der Waals surface area (Å²) in [5.74, 6) is -1.77. The van der Waals surface area contributed by atoms with E-state index in [-0.39, 0.29) is 25.0 Å². The molecule has 0 bridgehead atoms. The van der Waals surface area contributed by atoms with Crippen LogP contribution in [-0.4, -0.2) is 64.2 Å². The van der Waals surface area contributed by atoms with Crippen molar-refractivity contribution < 1.29 is 24.2 Å². The van der Waals surface area contributed by atoms with Gasteiger partial charge in [0, 0.05) is 5.54 Å². The first-order chi connectivity index (χ1) is 15.3. The van der Waals surface area contributed by atoms with E-state index in [0.717, 1.165) is 24.8 Å². The average molecular weight is 446 g/mol. The van der Waals surface area contributed by atoms with E-state index in [1.807, 2.05) is 30.3 Å². The van der Waals surface area contributed by atoms with Crippen molar-refractivity contribution >= 4 is 17.8 Å². The van der Waals surface area contributed by atoms with E-state index >= 15 is 0 Å². The molecule has 1 unspecified atom stereocenters. The first kappa shape index (κ1) is 24.2. The number of amides is 1. The molecule has 4 N–H and O–H groups in total. The molecule has 1 aliphatic heterocycles. The van der Waals surface area contributed by atoms with Crippen LogP contribution in [-0.2, 0) is 25.5 Å². The zero-order valence-corrected chi connectivity index (χ0v) is 19.0. The van der Waals surface area contributed by atoms with E-state index in [1.54, 1.807) is 13.8 Å². The Morgan fingerprint density at radius 1 is 1.28 bits per heavy atom. The average Bonchev–Trinajstić information content (AvgIpc) is 3.10. The number of hydrogen-bond acceptors (Lipinski definition) is 6. The van der Waals surface area contributed by atoms with Crippen molar-refractivity contribution in [3.05, 3.63) is 35.9 Å². The second kappa shape index (κ2) is 10.4. The van der Waals surface area contributed by atoms with Gasteiger partial charge in [-0.05, 0) is 51.5 Å². The van der Waals surface area contributed by atoms with Gasteiger partial charge in [0.1, 0.15) is 12.1 Å². The van der Waals surface area contributed by atoms with Crippen molar-refractivity contribution in [2.75, 3.05) is 6.61 Å². The molecule has 32 heavy (non-hydrogen) atoms. The van der Waals surface area contributed by atoms with Crippen LogP contribution in [0.15, 0.2) is 30.3 Å². The predicted molar refractivity (Wildman–Crippen MR) is 120 cm³/mol. The molecule has 1 aromatic carbocycles. The molecule has 1 saturated heterocycles. The van der Waals surface area contributed by atoms with Gasteiger partial charge in [0.25, 0.3) is 0 Å². The van der Waals surface area contributed by atoms with Crippen molar-refractivity contribution in [3.63, 3.8) is 0 Å². The molecule has 1 heterocycles. The van der Waals surface area contributed by atoms with Crippen molar-refractivity contribution in [3.8, 4) is 0 Å². The van der Waals surface area contributed by atoms with Crippen LogP contribution in [0.1, 0.15) is 57.9 Å². The van der Waals surface area contributed by atoms with Crippen LogP contribution < -0.4 is 11.1 Å². The molecular formula is C24H35N3O5. The van der Waals surface area contributed by atoms with Crippen LogP contribution in [0.2, 0.25) is 0 Å². The van der Waals surface area contributed by atoms with Crippen LogP contribution in [0.5, 0.6) is 0 Å². The van der Waals surface area contributed by atoms with Crippen LogP contribution in [0.4, 0.5) is 0 Å². The highest BCUT2D eigenvalue weighted by molar-refractivity contribution is 5.89. The Hall–Kier alpha value is -2.45. The number of rotatable bonds is 9. The molecule has 0 aromatic heterocycles. The number of hydrogen-bond donors (Lipinski definition) is 3. The number of nitrogens with two attached hydrogens (primary N) is 1. The first-order valence-corrected chi connectivity index (χ1v) is 11.6. The third kappa shape index (κ3) is 5.30. The van der Waals surface area contributed by atoms with Gasteiger partial charge in [0.15, 0.2) is 0 Å². The van der Waals surface area contributed by atoms with Gasteiger partial charge in [-0.1, -0.05) is 43.2 Å². The number of aliphatic carboxylic acids is 1. The summed E-state index contributed by atoms with van der Waals surface area (Å²) in [5, 5.41) is 12.9. The molecule has 8 nitrogen and oxygen atoms in total. The smallest absolute Gasteiger partial charge is 0.326 e. The second-order valence-electron chi connectivity index (χ2n) is 9.02. The minimum atomic E-state index is -1.03. The van der Waals surface area contributed by atoms with Gasteiger partial charge < -0.3 is 20.5 Å². The zero-order valence-electron chi connectivity index (χ0n) is 19.0. The molecule has 2 aliphatic rings. The summed E-state index contributed by atoms with van der Waals surface area (Å²) in [6.45, 7) is 3.66. The number of fused-ring (bicyclic) bond motifs is 1. The summed E-state index contributed by atoms with van der Waals surface area (Å²) in [5.41, 5.74) is 6.99. The lowest BCUT2D eigenvalue weighted by Gasteiger charge is -2.40. The van der Waals surface area contributed by atoms with Crippen molar-refractivity contribution in [2.45, 2.75) is 88.5 Å². The van der Waals surface area contributed by atoms with E-state index in [2.05, 4.69) is 5.32 Å². The van der Waals surface area contributed by atoms with Gasteiger partial charge in [0.05, 0.1) is 18.7 Å². The van der Waals surface area contributed by atoms with Gasteiger partial charge in [-0.15, -0.1) is 0 Å². The lowest BCUT2D eigenvalue weighted by molar-refractivity contribution is -0.152. The van der Waals surface area contributed by atoms with E-state index in [0.29, 0.717) is 19.3 Å². The lowest BCUT2D eigenvalue weighted by Crippen LogP contribution is -2.59. The molecule has 0 radical (unpaired) electrons. The minimum absolute atomic E-state index is 0.246. The highest BCUT2D eigenvalue weighted by Gasteiger charge is 2.55. The molecule has 1 aliphatic carbocycles. The number of nitrogens with zero attached hydrogens (tertiary/aromatic N) is 1. The molecule has 1 saturated carbocycles. The third-order valence-corrected chi connectivity index (χ3v) is 6.78. The van der Waals surface area contributed by atoms with Gasteiger partial charge in [-0.25, -0.2) is 4.79 Å². The number of benzene rings is 1. The maximum Gasteiger partial charge on any atom is 0.326 e. The number of ether oxygens (including phenoxy) is 1. The summed E-state index contributed by atoms with van der Waals surface area (Å²) in [7, 11) is 0. The summed E-state index contributed by atoms with van der Waals surface area (Å²) < 4.78 is 5.22. The number of carbonyl (C=O) groups excluding carboxylic acids is 2. The van der Waals surface area contributed by atoms with Crippen LogP contribution >= 0.6 is 0 Å². The Labute approximate surface area is 189 Å². The fraction of sp³-hybridized carbons (Fsp3) is 0.625. The molecule has 0 spiro atoms. The highest BCUT2D eigenvalue weighted by atomic mass is 16.5. The van der Waals surface area contributed by atoms with Gasteiger partial charge in [-0.2, -0.15) is 0 Å². The van der Waals surface area contributed by atoms with E-state index in [9.17, 15) is 19.5 Å². The number of nitrogens with one attached hydrogen (secondary N) is 1. The Balaban J connectivity index is 1.73. The number of carboxylic acid groups (broad SMARTS) is 1. The summed E-state index contributed by atoms with van der Waals surface area (Å²) >= 11 is 0. The lowest BCUT2D eigenvalue weighted by atomic mass is 9.78. The molecule has 3 rings (SSSR count). The molecular weight excluding hydrogens is 410 g/mol. The van der Waals surface area contributed by atoms with Crippen molar-refractivity contribution in [1.29, 1.82) is 0 Å². The molecule has 176 valence electrons. The van der Waals surface area contributed by atoms with Crippen LogP contribution in [0.3, 0.4) is 0 Å². The van der Waals surface area contributed by atoms with Crippen LogP contribution in [0.25, 0.3) is 0 Å². The highest BCUT2D eigenvalue weighted by Crippen LogP contribution is 2.41. The molecule has 1 aromatic rings. The molecule has 1 amide bonds. The normalized spacial score (nSPS) is 26.8. The Bertz CT molecular complexity index is 817. The summed E-state index contributed by atoms with van der Waals surface area (Å²) in [4.78, 5) is 39.4. The number of esters is 1. The first-order valence-electron chi connectivity index (χ1n) is 11.6. The van der Waals surface area contributed by atoms with Crippen molar-refractivity contribution in [2.24, 2.45) is 5.73 Å². The fourth-order valence-electron chi connectivity index (χ4n) is 5.15. The maximum absolute atomic E-state index is 13.4. The standard InChI is InChI=1S/C24H35N3O5/c1-3-32-23(31)18(13-12-17-9-5-4-6-10-17)26-16(2)21(28)27-19(22(29)30)15-24(25)14-8-7-11-20(24)27/h4-6,9-10,16,18-20,26H,3,7-8,11-15,25H2,1-2H3,(H,29,30)/t16-,18-,19?,20-,24-/m0/s1. The fourth-order valence-corrected chi connectivity index (χ4v) is 5.15. The Morgan fingerprint density at radius 3 is 2.66 bits per heavy atom. The monoisotopic (exact) mass is 445 g/mol. The van der Waals surface area contributed by atoms with Gasteiger partial charge >= 0.3 is 11.9 Å². The Kier molecular flexibility index (Phi) is 7.90. The number of aryl methyl sites for hydroxylation is 1.